The van der Waals surface area contributed by atoms with Gasteiger partial charge in [0.15, 0.2) is 0 Å². The highest BCUT2D eigenvalue weighted by Crippen LogP contribution is 2.38. The van der Waals surface area contributed by atoms with Crippen molar-refractivity contribution in [2.45, 2.75) is 94.5 Å². The van der Waals surface area contributed by atoms with Crippen LogP contribution in [0, 0.1) is 17.3 Å². The van der Waals surface area contributed by atoms with Crippen LogP contribution in [0.4, 0.5) is 0 Å². The van der Waals surface area contributed by atoms with Crippen molar-refractivity contribution in [3.05, 3.63) is 0 Å². The number of amides is 1. The molecule has 3 heteroatoms. The Morgan fingerprint density at radius 3 is 1.79 bits per heavy atom. The third-order valence-electron chi connectivity index (χ3n) is 5.13. The van der Waals surface area contributed by atoms with E-state index in [-0.39, 0.29) is 11.3 Å². The van der Waals surface area contributed by atoms with Crippen molar-refractivity contribution in [1.82, 2.24) is 4.90 Å². The molecule has 1 heterocycles. The van der Waals surface area contributed by atoms with Gasteiger partial charge in [-0.05, 0) is 38.0 Å². The maximum atomic E-state index is 12.8. The monoisotopic (exact) mass is 343 g/mol. The van der Waals surface area contributed by atoms with Crippen LogP contribution in [0.1, 0.15) is 88.5 Å². The maximum Gasteiger partial charge on any atom is 0.226 e. The summed E-state index contributed by atoms with van der Waals surface area (Å²) in [6.07, 6.45) is 3.24. The van der Waals surface area contributed by atoms with Crippen LogP contribution < -0.4 is 0 Å². The smallest absolute Gasteiger partial charge is 0.226 e. The first kappa shape index (κ1) is 25.7. The van der Waals surface area contributed by atoms with Gasteiger partial charge in [-0.3, -0.25) is 4.79 Å². The van der Waals surface area contributed by atoms with Gasteiger partial charge in [0.2, 0.25) is 5.91 Å². The minimum absolute atomic E-state index is 0.0811. The molecule has 0 radical (unpaired) electrons. The molecule has 0 saturated carbocycles. The van der Waals surface area contributed by atoms with Crippen LogP contribution in [0.2, 0.25) is 0 Å². The van der Waals surface area contributed by atoms with E-state index in [2.05, 4.69) is 60.3 Å². The van der Waals surface area contributed by atoms with Crippen molar-refractivity contribution >= 4 is 5.91 Å². The molecule has 1 saturated heterocycles. The molecule has 0 aliphatic carbocycles. The first-order valence-electron chi connectivity index (χ1n) is 10.1. The Kier molecular flexibility index (Phi) is 14.6. The highest BCUT2D eigenvalue weighted by molar-refractivity contribution is 5.79. The number of ether oxygens (including phenoxy) is 1. The van der Waals surface area contributed by atoms with Gasteiger partial charge in [0.05, 0.1) is 0 Å². The molecule has 1 amide bonds. The molecule has 1 aliphatic rings. The molecule has 0 aromatic heterocycles. The molecule has 1 fully saturated rings. The summed E-state index contributed by atoms with van der Waals surface area (Å²) in [6, 6.07) is 0.309. The lowest BCUT2D eigenvalue weighted by Crippen LogP contribution is -2.48. The molecule has 1 rings (SSSR count). The van der Waals surface area contributed by atoms with E-state index in [9.17, 15) is 4.79 Å². The molecule has 0 bridgehead atoms. The Balaban J connectivity index is 0. The predicted molar refractivity (Wildman–Crippen MR) is 106 cm³/mol. The zero-order valence-corrected chi connectivity index (χ0v) is 18.2. The average Bonchev–Trinajstić information content (AvgIpc) is 2.57. The van der Waals surface area contributed by atoms with Crippen molar-refractivity contribution in [3.8, 4) is 0 Å². The molecule has 0 spiro atoms. The minimum atomic E-state index is 0.0811. The van der Waals surface area contributed by atoms with Crippen LogP contribution in [0.15, 0.2) is 0 Å². The van der Waals surface area contributed by atoms with Crippen molar-refractivity contribution in [1.29, 1.82) is 0 Å². The minimum Gasteiger partial charge on any atom is -0.381 e. The third-order valence-corrected chi connectivity index (χ3v) is 5.13. The molecule has 146 valence electrons. The highest BCUT2D eigenvalue weighted by Gasteiger charge is 2.39. The van der Waals surface area contributed by atoms with Gasteiger partial charge in [-0.2, -0.15) is 0 Å². The molecular formula is C21H45NO2. The van der Waals surface area contributed by atoms with Crippen molar-refractivity contribution < 1.29 is 9.53 Å². The first-order valence-corrected chi connectivity index (χ1v) is 10.1. The largest absolute Gasteiger partial charge is 0.381 e. The number of hydrogen-bond acceptors (Lipinski definition) is 2. The summed E-state index contributed by atoms with van der Waals surface area (Å²) >= 11 is 0. The van der Waals surface area contributed by atoms with Crippen molar-refractivity contribution in [3.63, 3.8) is 0 Å². The van der Waals surface area contributed by atoms with Gasteiger partial charge in [-0.25, -0.2) is 0 Å². The van der Waals surface area contributed by atoms with Gasteiger partial charge in [0.25, 0.3) is 0 Å². The SMILES string of the molecule is CC.CCC.CCN(C(=O)C(C)C1(C)CCOCC1)C(C)C(C)C. The van der Waals surface area contributed by atoms with E-state index in [0.717, 1.165) is 32.6 Å². The van der Waals surface area contributed by atoms with Gasteiger partial charge in [0.1, 0.15) is 0 Å². The van der Waals surface area contributed by atoms with E-state index in [4.69, 9.17) is 4.74 Å². The predicted octanol–water partition coefficient (Wildman–Crippen LogP) is 5.77. The summed E-state index contributed by atoms with van der Waals surface area (Å²) in [4.78, 5) is 14.9. The van der Waals surface area contributed by atoms with Gasteiger partial charge in [0, 0.05) is 31.7 Å². The Labute approximate surface area is 152 Å². The van der Waals surface area contributed by atoms with Crippen molar-refractivity contribution in [2.24, 2.45) is 17.3 Å². The summed E-state index contributed by atoms with van der Waals surface area (Å²) in [7, 11) is 0. The highest BCUT2D eigenvalue weighted by atomic mass is 16.5. The fourth-order valence-electron chi connectivity index (χ4n) is 2.82. The normalized spacial score (nSPS) is 18.5. The Bertz CT molecular complexity index is 309. The van der Waals surface area contributed by atoms with Gasteiger partial charge in [-0.1, -0.05) is 61.8 Å². The fraction of sp³-hybridized carbons (Fsp3) is 0.952. The summed E-state index contributed by atoms with van der Waals surface area (Å²) < 4.78 is 5.44. The average molecular weight is 344 g/mol. The zero-order chi connectivity index (χ0) is 19.3. The summed E-state index contributed by atoms with van der Waals surface area (Å²) in [6.45, 7) is 23.6. The van der Waals surface area contributed by atoms with E-state index in [1.807, 2.05) is 13.8 Å². The Morgan fingerprint density at radius 1 is 1.04 bits per heavy atom. The molecule has 0 aromatic rings. The summed E-state index contributed by atoms with van der Waals surface area (Å²) in [5, 5.41) is 0. The Morgan fingerprint density at radius 2 is 1.46 bits per heavy atom. The zero-order valence-electron chi connectivity index (χ0n) is 18.2. The molecule has 1 aliphatic heterocycles. The lowest BCUT2D eigenvalue weighted by molar-refractivity contribution is -0.144. The number of carbonyl (C=O) groups is 1. The van der Waals surface area contributed by atoms with Crippen LogP contribution in [0.25, 0.3) is 0 Å². The first-order chi connectivity index (χ1) is 11.2. The fourth-order valence-corrected chi connectivity index (χ4v) is 2.82. The van der Waals surface area contributed by atoms with Crippen LogP contribution in [0.3, 0.4) is 0 Å². The third kappa shape index (κ3) is 8.00. The summed E-state index contributed by atoms with van der Waals surface area (Å²) in [5.41, 5.74) is 0.0967. The van der Waals surface area contributed by atoms with Crippen molar-refractivity contribution in [2.75, 3.05) is 19.8 Å². The quantitative estimate of drug-likeness (QED) is 0.633. The van der Waals surface area contributed by atoms with Gasteiger partial charge < -0.3 is 9.64 Å². The molecule has 0 aromatic carbocycles. The maximum absolute atomic E-state index is 12.8. The number of rotatable bonds is 5. The second kappa shape index (κ2) is 13.7. The number of nitrogens with zero attached hydrogens (tertiary/aromatic N) is 1. The van der Waals surface area contributed by atoms with Crippen LogP contribution in [-0.2, 0) is 9.53 Å². The lowest BCUT2D eigenvalue weighted by Gasteiger charge is -2.42. The lowest BCUT2D eigenvalue weighted by atomic mass is 9.71. The van der Waals surface area contributed by atoms with Gasteiger partial charge >= 0.3 is 0 Å². The van der Waals surface area contributed by atoms with E-state index in [1.54, 1.807) is 0 Å². The number of carbonyl (C=O) groups excluding carboxylic acids is 1. The topological polar surface area (TPSA) is 29.5 Å². The van der Waals surface area contributed by atoms with Gasteiger partial charge in [-0.15, -0.1) is 0 Å². The standard InChI is InChI=1S/C16H31NO2.C3H8.C2H6/c1-7-17(14(5)12(2)3)15(18)13(4)16(6)8-10-19-11-9-16;1-3-2;1-2/h12-14H,7-11H2,1-6H3;3H2,1-2H3;1-2H3. The second-order valence-corrected chi connectivity index (χ2v) is 7.30. The van der Waals surface area contributed by atoms with E-state index < -0.39 is 0 Å². The molecule has 0 N–H and O–H groups in total. The van der Waals surface area contributed by atoms with E-state index >= 15 is 0 Å². The molecule has 2 atom stereocenters. The van der Waals surface area contributed by atoms with Crippen LogP contribution in [-0.4, -0.2) is 36.6 Å². The molecule has 3 nitrogen and oxygen atoms in total. The Hall–Kier alpha value is -0.570. The van der Waals surface area contributed by atoms with Crippen LogP contribution in [0.5, 0.6) is 0 Å². The van der Waals surface area contributed by atoms with E-state index in [1.165, 1.54) is 6.42 Å². The molecule has 2 unspecified atom stereocenters. The number of hydrogen-bond donors (Lipinski definition) is 0. The second-order valence-electron chi connectivity index (χ2n) is 7.30. The summed E-state index contributed by atoms with van der Waals surface area (Å²) in [5.74, 6) is 0.893. The molecular weight excluding hydrogens is 298 g/mol. The van der Waals surface area contributed by atoms with E-state index in [0.29, 0.717) is 17.9 Å². The van der Waals surface area contributed by atoms with Crippen LogP contribution >= 0.6 is 0 Å². The molecule has 24 heavy (non-hydrogen) atoms.